The third-order valence-corrected chi connectivity index (χ3v) is 4.24. The van der Waals surface area contributed by atoms with E-state index in [4.69, 9.17) is 4.74 Å². The predicted molar refractivity (Wildman–Crippen MR) is 91.5 cm³/mol. The molecule has 0 spiro atoms. The Morgan fingerprint density at radius 3 is 2.23 bits per heavy atom. The standard InChI is InChI=1S/C20H18O2/c1-13(21)11-22-12-17-8-7-16-6-5-14-3-2-4-15-9-10-18(17)20(16)19(14)15/h2-10,13,21H,11-12H2,1H3. The van der Waals surface area contributed by atoms with Crippen molar-refractivity contribution in [2.24, 2.45) is 0 Å². The monoisotopic (exact) mass is 290 g/mol. The minimum Gasteiger partial charge on any atom is -0.391 e. The smallest absolute Gasteiger partial charge is 0.0745 e. The van der Waals surface area contributed by atoms with Crippen molar-refractivity contribution < 1.29 is 9.84 Å². The van der Waals surface area contributed by atoms with Crippen LogP contribution < -0.4 is 0 Å². The zero-order chi connectivity index (χ0) is 15.1. The zero-order valence-electron chi connectivity index (χ0n) is 12.5. The van der Waals surface area contributed by atoms with Crippen LogP contribution in [0.5, 0.6) is 0 Å². The SMILES string of the molecule is CC(O)COCc1ccc2ccc3cccc4ccc1c2c34. The molecule has 0 aliphatic carbocycles. The molecule has 0 bridgehead atoms. The molecule has 0 fully saturated rings. The molecule has 4 rings (SSSR count). The second-order valence-electron chi connectivity index (χ2n) is 5.94. The lowest BCUT2D eigenvalue weighted by atomic mass is 9.92. The molecule has 1 atom stereocenters. The van der Waals surface area contributed by atoms with Gasteiger partial charge in [0.25, 0.3) is 0 Å². The van der Waals surface area contributed by atoms with Gasteiger partial charge in [-0.05, 0) is 44.8 Å². The van der Waals surface area contributed by atoms with E-state index in [9.17, 15) is 5.11 Å². The van der Waals surface area contributed by atoms with Crippen LogP contribution in [0.1, 0.15) is 12.5 Å². The fraction of sp³-hybridized carbons (Fsp3) is 0.200. The van der Waals surface area contributed by atoms with Crippen LogP contribution in [0.3, 0.4) is 0 Å². The molecule has 1 unspecified atom stereocenters. The molecule has 110 valence electrons. The molecule has 0 radical (unpaired) electrons. The average molecular weight is 290 g/mol. The molecule has 0 aliphatic heterocycles. The predicted octanol–water partition coefficient (Wildman–Crippen LogP) is 4.48. The van der Waals surface area contributed by atoms with Gasteiger partial charge in [0.05, 0.1) is 19.3 Å². The summed E-state index contributed by atoms with van der Waals surface area (Å²) in [4.78, 5) is 0. The molecule has 4 aromatic rings. The van der Waals surface area contributed by atoms with E-state index in [1.54, 1.807) is 6.92 Å². The normalized spacial score (nSPS) is 13.4. The Morgan fingerprint density at radius 2 is 1.50 bits per heavy atom. The molecule has 22 heavy (non-hydrogen) atoms. The number of aliphatic hydroxyl groups excluding tert-OH is 1. The van der Waals surface area contributed by atoms with Crippen LogP contribution in [0.2, 0.25) is 0 Å². The van der Waals surface area contributed by atoms with Crippen LogP contribution in [0.15, 0.2) is 54.6 Å². The van der Waals surface area contributed by atoms with Gasteiger partial charge < -0.3 is 9.84 Å². The summed E-state index contributed by atoms with van der Waals surface area (Å²) < 4.78 is 5.62. The lowest BCUT2D eigenvalue weighted by Crippen LogP contribution is -2.10. The van der Waals surface area contributed by atoms with Crippen LogP contribution in [0.4, 0.5) is 0 Å². The fourth-order valence-electron chi connectivity index (χ4n) is 3.26. The molecule has 1 N–H and O–H groups in total. The van der Waals surface area contributed by atoms with E-state index in [2.05, 4.69) is 54.6 Å². The van der Waals surface area contributed by atoms with Gasteiger partial charge in [0.2, 0.25) is 0 Å². The summed E-state index contributed by atoms with van der Waals surface area (Å²) in [5, 5.41) is 17.0. The molecule has 0 aromatic heterocycles. The molecule has 0 amide bonds. The Labute approximate surface area is 129 Å². The van der Waals surface area contributed by atoms with E-state index in [1.807, 2.05) is 0 Å². The number of aliphatic hydroxyl groups is 1. The maximum atomic E-state index is 9.34. The molecule has 0 heterocycles. The van der Waals surface area contributed by atoms with Crippen molar-refractivity contribution in [2.75, 3.05) is 6.61 Å². The van der Waals surface area contributed by atoms with E-state index >= 15 is 0 Å². The van der Waals surface area contributed by atoms with Crippen LogP contribution in [-0.4, -0.2) is 17.8 Å². The largest absolute Gasteiger partial charge is 0.391 e. The van der Waals surface area contributed by atoms with Gasteiger partial charge in [-0.1, -0.05) is 54.6 Å². The quantitative estimate of drug-likeness (QED) is 0.561. The van der Waals surface area contributed by atoms with Crippen LogP contribution in [0.25, 0.3) is 32.3 Å². The van der Waals surface area contributed by atoms with Crippen LogP contribution in [0, 0.1) is 0 Å². The highest BCUT2D eigenvalue weighted by molar-refractivity contribution is 6.23. The number of rotatable bonds is 4. The van der Waals surface area contributed by atoms with Gasteiger partial charge in [-0.15, -0.1) is 0 Å². The van der Waals surface area contributed by atoms with Crippen molar-refractivity contribution in [3.05, 3.63) is 60.2 Å². The van der Waals surface area contributed by atoms with Crippen molar-refractivity contribution in [1.29, 1.82) is 0 Å². The second kappa shape index (κ2) is 5.24. The lowest BCUT2D eigenvalue weighted by molar-refractivity contribution is 0.0380. The van der Waals surface area contributed by atoms with Gasteiger partial charge >= 0.3 is 0 Å². The summed E-state index contributed by atoms with van der Waals surface area (Å²) in [6.45, 7) is 2.63. The Kier molecular flexibility index (Phi) is 3.21. The number of hydrogen-bond acceptors (Lipinski definition) is 2. The van der Waals surface area contributed by atoms with Crippen molar-refractivity contribution in [3.63, 3.8) is 0 Å². The minimum atomic E-state index is -0.431. The van der Waals surface area contributed by atoms with Gasteiger partial charge in [0.1, 0.15) is 0 Å². The highest BCUT2D eigenvalue weighted by Crippen LogP contribution is 2.35. The highest BCUT2D eigenvalue weighted by Gasteiger charge is 2.10. The van der Waals surface area contributed by atoms with Crippen molar-refractivity contribution in [2.45, 2.75) is 19.6 Å². The lowest BCUT2D eigenvalue weighted by Gasteiger charge is -2.14. The maximum absolute atomic E-state index is 9.34. The van der Waals surface area contributed by atoms with E-state index in [-0.39, 0.29) is 0 Å². The third kappa shape index (κ3) is 2.12. The molecular formula is C20H18O2. The summed E-state index contributed by atoms with van der Waals surface area (Å²) in [7, 11) is 0. The Balaban J connectivity index is 1.92. The van der Waals surface area contributed by atoms with Crippen LogP contribution >= 0.6 is 0 Å². The van der Waals surface area contributed by atoms with Gasteiger partial charge in [-0.3, -0.25) is 0 Å². The van der Waals surface area contributed by atoms with Gasteiger partial charge in [-0.2, -0.15) is 0 Å². The van der Waals surface area contributed by atoms with Crippen molar-refractivity contribution in [3.8, 4) is 0 Å². The van der Waals surface area contributed by atoms with Gasteiger partial charge in [-0.25, -0.2) is 0 Å². The Bertz CT molecular complexity index is 924. The van der Waals surface area contributed by atoms with Gasteiger partial charge in [0.15, 0.2) is 0 Å². The van der Waals surface area contributed by atoms with Crippen molar-refractivity contribution in [1.82, 2.24) is 0 Å². The Hall–Kier alpha value is -2.16. The third-order valence-electron chi connectivity index (χ3n) is 4.24. The number of hydrogen-bond donors (Lipinski definition) is 1. The van der Waals surface area contributed by atoms with E-state index in [0.29, 0.717) is 13.2 Å². The summed E-state index contributed by atoms with van der Waals surface area (Å²) in [5.41, 5.74) is 1.17. The fourth-order valence-corrected chi connectivity index (χ4v) is 3.26. The molecule has 0 aliphatic rings. The first kappa shape index (κ1) is 13.5. The van der Waals surface area contributed by atoms with E-state index < -0.39 is 6.10 Å². The first-order valence-electron chi connectivity index (χ1n) is 7.65. The zero-order valence-corrected chi connectivity index (χ0v) is 12.5. The summed E-state index contributed by atoms with van der Waals surface area (Å²) in [6, 6.07) is 19.5. The second-order valence-corrected chi connectivity index (χ2v) is 5.94. The summed E-state index contributed by atoms with van der Waals surface area (Å²) in [6.07, 6.45) is -0.431. The summed E-state index contributed by atoms with van der Waals surface area (Å²) in [5.74, 6) is 0. The maximum Gasteiger partial charge on any atom is 0.0745 e. The minimum absolute atomic E-state index is 0.363. The molecular weight excluding hydrogens is 272 g/mol. The van der Waals surface area contributed by atoms with Gasteiger partial charge in [0, 0.05) is 0 Å². The molecule has 2 nitrogen and oxygen atoms in total. The first-order chi connectivity index (χ1) is 10.7. The van der Waals surface area contributed by atoms with E-state index in [1.165, 1.54) is 37.9 Å². The molecule has 2 heteroatoms. The molecule has 0 saturated heterocycles. The Morgan fingerprint density at radius 1 is 0.864 bits per heavy atom. The number of benzene rings is 4. The topological polar surface area (TPSA) is 29.5 Å². The number of ether oxygens (including phenoxy) is 1. The first-order valence-corrected chi connectivity index (χ1v) is 7.65. The van der Waals surface area contributed by atoms with E-state index in [0.717, 1.165) is 0 Å². The summed E-state index contributed by atoms with van der Waals surface area (Å²) >= 11 is 0. The van der Waals surface area contributed by atoms with Crippen molar-refractivity contribution >= 4 is 32.3 Å². The van der Waals surface area contributed by atoms with Crippen LogP contribution in [-0.2, 0) is 11.3 Å². The highest BCUT2D eigenvalue weighted by atomic mass is 16.5. The molecule has 0 saturated carbocycles. The molecule has 4 aromatic carbocycles. The average Bonchev–Trinajstić information content (AvgIpc) is 2.53.